The predicted octanol–water partition coefficient (Wildman–Crippen LogP) is 2.37. The average Bonchev–Trinajstić information content (AvgIpc) is 2.47. The number of hydrogen-bond donors (Lipinski definition) is 2. The van der Waals surface area contributed by atoms with E-state index >= 15 is 0 Å². The fraction of sp³-hybridized carbons (Fsp3) is 0.294. The number of hydrogen-bond acceptors (Lipinski definition) is 3. The third kappa shape index (κ3) is 2.39. The molecule has 2 N–H and O–H groups in total. The lowest BCUT2D eigenvalue weighted by molar-refractivity contribution is 0.0693. The Labute approximate surface area is 127 Å². The van der Waals surface area contributed by atoms with Crippen molar-refractivity contribution >= 4 is 5.97 Å². The van der Waals surface area contributed by atoms with Crippen LogP contribution >= 0.6 is 0 Å². The molecule has 2 aromatic rings. The van der Waals surface area contributed by atoms with E-state index in [0.29, 0.717) is 6.54 Å². The molecule has 1 saturated carbocycles. The Hall–Kier alpha value is -2.56. The first kappa shape index (κ1) is 14.4. The minimum atomic E-state index is -1.32. The van der Waals surface area contributed by atoms with Crippen LogP contribution in [-0.2, 0) is 12.0 Å². The third-order valence-corrected chi connectivity index (χ3v) is 4.47. The summed E-state index contributed by atoms with van der Waals surface area (Å²) in [5, 5.41) is 18.8. The minimum Gasteiger partial charge on any atom is -0.503 e. The molecule has 0 unspecified atom stereocenters. The molecule has 1 aliphatic carbocycles. The quantitative estimate of drug-likeness (QED) is 0.908. The molecule has 114 valence electrons. The monoisotopic (exact) mass is 299 g/mol. The van der Waals surface area contributed by atoms with E-state index < -0.39 is 22.7 Å². The summed E-state index contributed by atoms with van der Waals surface area (Å²) >= 11 is 0. The maximum atomic E-state index is 11.6. The molecular weight excluding hydrogens is 282 g/mol. The Morgan fingerprint density at radius 1 is 1.18 bits per heavy atom. The van der Waals surface area contributed by atoms with Gasteiger partial charge in [-0.15, -0.1) is 0 Å². The molecule has 1 aromatic heterocycles. The number of rotatable bonds is 4. The number of carboxylic acid groups (broad SMARTS) is 1. The Morgan fingerprint density at radius 3 is 2.41 bits per heavy atom. The van der Waals surface area contributed by atoms with Gasteiger partial charge in [0.25, 0.3) is 0 Å². The number of carboxylic acids is 1. The van der Waals surface area contributed by atoms with Gasteiger partial charge in [-0.25, -0.2) is 4.79 Å². The zero-order chi connectivity index (χ0) is 15.7. The molecule has 3 rings (SSSR count). The number of pyridine rings is 1. The topological polar surface area (TPSA) is 79.5 Å². The maximum absolute atomic E-state index is 11.6. The highest BCUT2D eigenvalue weighted by molar-refractivity contribution is 5.87. The van der Waals surface area contributed by atoms with E-state index in [9.17, 15) is 14.7 Å². The van der Waals surface area contributed by atoms with Crippen LogP contribution in [0.3, 0.4) is 0 Å². The summed E-state index contributed by atoms with van der Waals surface area (Å²) in [6.45, 7) is 0.547. The highest BCUT2D eigenvalue weighted by Crippen LogP contribution is 2.45. The molecule has 5 nitrogen and oxygen atoms in total. The summed E-state index contributed by atoms with van der Waals surface area (Å²) in [5.74, 6) is -1.85. The van der Waals surface area contributed by atoms with Crippen molar-refractivity contribution in [2.45, 2.75) is 31.2 Å². The second kappa shape index (κ2) is 5.33. The summed E-state index contributed by atoms with van der Waals surface area (Å²) in [4.78, 5) is 22.8. The molecule has 0 amide bonds. The molecule has 5 heteroatoms. The van der Waals surface area contributed by atoms with Crippen LogP contribution in [0.2, 0.25) is 0 Å². The van der Waals surface area contributed by atoms with Crippen LogP contribution < -0.4 is 5.43 Å². The van der Waals surface area contributed by atoms with Crippen LogP contribution in [0.15, 0.2) is 47.5 Å². The Morgan fingerprint density at radius 2 is 1.86 bits per heavy atom. The van der Waals surface area contributed by atoms with Gasteiger partial charge in [-0.1, -0.05) is 36.8 Å². The van der Waals surface area contributed by atoms with E-state index in [1.54, 1.807) is 4.57 Å². The summed E-state index contributed by atoms with van der Waals surface area (Å²) in [6.07, 6.45) is 5.76. The van der Waals surface area contributed by atoms with E-state index in [1.807, 2.05) is 18.2 Å². The second-order valence-electron chi connectivity index (χ2n) is 5.86. The van der Waals surface area contributed by atoms with Crippen molar-refractivity contribution < 1.29 is 15.0 Å². The van der Waals surface area contributed by atoms with Crippen LogP contribution in [0.5, 0.6) is 5.75 Å². The molecule has 0 aliphatic heterocycles. The van der Waals surface area contributed by atoms with E-state index in [2.05, 4.69) is 12.1 Å². The molecule has 0 saturated heterocycles. The van der Waals surface area contributed by atoms with Crippen molar-refractivity contribution in [3.05, 3.63) is 64.1 Å². The number of aromatic hydroxyl groups is 1. The fourth-order valence-corrected chi connectivity index (χ4v) is 3.14. The van der Waals surface area contributed by atoms with Crippen molar-refractivity contribution in [1.82, 2.24) is 4.57 Å². The van der Waals surface area contributed by atoms with Crippen molar-refractivity contribution in [3.8, 4) is 5.75 Å². The van der Waals surface area contributed by atoms with Gasteiger partial charge >= 0.3 is 5.97 Å². The first-order valence-electron chi connectivity index (χ1n) is 7.24. The predicted molar refractivity (Wildman–Crippen MR) is 81.3 cm³/mol. The van der Waals surface area contributed by atoms with Gasteiger partial charge < -0.3 is 14.8 Å². The first-order chi connectivity index (χ1) is 10.5. The van der Waals surface area contributed by atoms with Crippen molar-refractivity contribution in [2.75, 3.05) is 0 Å². The minimum absolute atomic E-state index is 0.0570. The van der Waals surface area contributed by atoms with Crippen LogP contribution in [0.25, 0.3) is 0 Å². The smallest absolute Gasteiger partial charge is 0.341 e. The van der Waals surface area contributed by atoms with Gasteiger partial charge in [0, 0.05) is 24.4 Å². The average molecular weight is 299 g/mol. The molecule has 1 aliphatic rings. The summed E-state index contributed by atoms with van der Waals surface area (Å²) in [6, 6.07) is 10.1. The fourth-order valence-electron chi connectivity index (χ4n) is 3.14. The van der Waals surface area contributed by atoms with Gasteiger partial charge in [0.2, 0.25) is 5.43 Å². The summed E-state index contributed by atoms with van der Waals surface area (Å²) in [7, 11) is 0. The Bertz CT molecular complexity index is 760. The van der Waals surface area contributed by atoms with E-state index in [1.165, 1.54) is 18.0 Å². The van der Waals surface area contributed by atoms with E-state index in [-0.39, 0.29) is 5.41 Å². The molecule has 0 atom stereocenters. The molecule has 1 aromatic carbocycles. The van der Waals surface area contributed by atoms with Gasteiger partial charge in [0.15, 0.2) is 5.75 Å². The first-order valence-corrected chi connectivity index (χ1v) is 7.24. The maximum Gasteiger partial charge on any atom is 0.341 e. The highest BCUT2D eigenvalue weighted by atomic mass is 16.4. The lowest BCUT2D eigenvalue weighted by Crippen LogP contribution is -2.39. The number of aromatic carboxylic acids is 1. The molecule has 22 heavy (non-hydrogen) atoms. The third-order valence-electron chi connectivity index (χ3n) is 4.47. The Balaban J connectivity index is 1.99. The van der Waals surface area contributed by atoms with Gasteiger partial charge in [-0.2, -0.15) is 0 Å². The van der Waals surface area contributed by atoms with Gasteiger partial charge in [0.1, 0.15) is 5.56 Å². The lowest BCUT2D eigenvalue weighted by Gasteiger charge is -2.43. The number of aromatic nitrogens is 1. The molecule has 0 bridgehead atoms. The molecular formula is C17H17NO4. The van der Waals surface area contributed by atoms with Gasteiger partial charge in [-0.05, 0) is 18.4 Å². The second-order valence-corrected chi connectivity index (χ2v) is 5.86. The standard InChI is InChI=1S/C17H17NO4/c19-14-10-18(9-13(15(14)20)16(21)22)11-17(7-4-8-17)12-5-2-1-3-6-12/h1-3,5-6,9-10,19H,4,7-8,11H2,(H,21,22). The van der Waals surface area contributed by atoms with Gasteiger partial charge in [0.05, 0.1) is 0 Å². The largest absolute Gasteiger partial charge is 0.503 e. The number of carbonyl (C=O) groups is 1. The van der Waals surface area contributed by atoms with E-state index in [0.717, 1.165) is 19.3 Å². The number of benzene rings is 1. The van der Waals surface area contributed by atoms with Gasteiger partial charge in [-0.3, -0.25) is 4.79 Å². The van der Waals surface area contributed by atoms with Crippen LogP contribution in [0.4, 0.5) is 0 Å². The Kier molecular flexibility index (Phi) is 3.48. The lowest BCUT2D eigenvalue weighted by atomic mass is 9.64. The zero-order valence-electron chi connectivity index (χ0n) is 12.0. The van der Waals surface area contributed by atoms with Crippen molar-refractivity contribution in [3.63, 3.8) is 0 Å². The molecule has 0 spiro atoms. The SMILES string of the molecule is O=C(O)c1cn(CC2(c3ccccc3)CCC2)cc(O)c1=O. The van der Waals surface area contributed by atoms with E-state index in [4.69, 9.17) is 5.11 Å². The van der Waals surface area contributed by atoms with Crippen molar-refractivity contribution in [1.29, 1.82) is 0 Å². The number of nitrogens with zero attached hydrogens (tertiary/aromatic N) is 1. The van der Waals surface area contributed by atoms with Crippen molar-refractivity contribution in [2.24, 2.45) is 0 Å². The normalized spacial score (nSPS) is 16.0. The van der Waals surface area contributed by atoms with Crippen LogP contribution in [-0.4, -0.2) is 20.7 Å². The van der Waals surface area contributed by atoms with Crippen LogP contribution in [0, 0.1) is 0 Å². The summed E-state index contributed by atoms with van der Waals surface area (Å²) < 4.78 is 1.62. The molecule has 0 radical (unpaired) electrons. The zero-order valence-corrected chi connectivity index (χ0v) is 12.0. The summed E-state index contributed by atoms with van der Waals surface area (Å²) in [5.41, 5.74) is -0.0941. The highest BCUT2D eigenvalue weighted by Gasteiger charge is 2.38. The molecule has 1 heterocycles. The van der Waals surface area contributed by atoms with Crippen LogP contribution in [0.1, 0.15) is 35.2 Å². The molecule has 1 fully saturated rings.